The first kappa shape index (κ1) is 16.9. The first-order valence-corrected chi connectivity index (χ1v) is 7.48. The lowest BCUT2D eigenvalue weighted by Crippen LogP contribution is -2.39. The number of hydrogen-bond acceptors (Lipinski definition) is 5. The molecule has 1 unspecified atom stereocenters. The van der Waals surface area contributed by atoms with Gasteiger partial charge in [0.25, 0.3) is 0 Å². The van der Waals surface area contributed by atoms with Gasteiger partial charge in [-0.25, -0.2) is 0 Å². The molecule has 1 N–H and O–H groups in total. The fraction of sp³-hybridized carbons (Fsp3) is 0.867. The Balaban J connectivity index is 2.24. The fourth-order valence-electron chi connectivity index (χ4n) is 2.86. The van der Waals surface area contributed by atoms with E-state index in [4.69, 9.17) is 15.6 Å². The van der Waals surface area contributed by atoms with E-state index in [1.54, 1.807) is 0 Å². The SMILES string of the molecule is CN(CC(C#N)CCC#N)CC1CCN(CCO)CC1. The summed E-state index contributed by atoms with van der Waals surface area (Å²) in [6, 6.07) is 4.41. The molecule has 1 saturated heterocycles. The van der Waals surface area contributed by atoms with Crippen molar-refractivity contribution in [1.82, 2.24) is 9.80 Å². The Labute approximate surface area is 122 Å². The molecule has 1 aliphatic rings. The van der Waals surface area contributed by atoms with Crippen LogP contribution in [0.1, 0.15) is 25.7 Å². The van der Waals surface area contributed by atoms with E-state index in [9.17, 15) is 0 Å². The molecule has 0 bridgehead atoms. The highest BCUT2D eigenvalue weighted by Gasteiger charge is 2.21. The Kier molecular flexibility index (Phi) is 8.22. The molecule has 0 spiro atoms. The number of likely N-dealkylation sites (tertiary alicyclic amines) is 1. The number of nitrogens with zero attached hydrogens (tertiary/aromatic N) is 4. The van der Waals surface area contributed by atoms with Gasteiger partial charge in [0, 0.05) is 26.1 Å². The van der Waals surface area contributed by atoms with Gasteiger partial charge < -0.3 is 14.9 Å². The first-order chi connectivity index (χ1) is 9.69. The van der Waals surface area contributed by atoms with Gasteiger partial charge in [-0.1, -0.05) is 0 Å². The molecule has 0 aromatic heterocycles. The van der Waals surface area contributed by atoms with Gasteiger partial charge in [-0.2, -0.15) is 10.5 Å². The van der Waals surface area contributed by atoms with Gasteiger partial charge in [0.05, 0.1) is 24.7 Å². The van der Waals surface area contributed by atoms with E-state index in [1.807, 2.05) is 0 Å². The van der Waals surface area contributed by atoms with Crippen molar-refractivity contribution in [3.8, 4) is 12.1 Å². The summed E-state index contributed by atoms with van der Waals surface area (Å²) < 4.78 is 0. The highest BCUT2D eigenvalue weighted by Crippen LogP contribution is 2.18. The molecule has 5 nitrogen and oxygen atoms in total. The predicted octanol–water partition coefficient (Wildman–Crippen LogP) is 1.07. The number of piperidine rings is 1. The van der Waals surface area contributed by atoms with Crippen LogP contribution in [0.15, 0.2) is 0 Å². The third kappa shape index (κ3) is 6.34. The van der Waals surface area contributed by atoms with Crippen molar-refractivity contribution in [3.63, 3.8) is 0 Å². The molecular formula is C15H26N4O. The zero-order valence-corrected chi connectivity index (χ0v) is 12.5. The van der Waals surface area contributed by atoms with Crippen LogP contribution in [0.4, 0.5) is 0 Å². The van der Waals surface area contributed by atoms with Crippen LogP contribution >= 0.6 is 0 Å². The smallest absolute Gasteiger partial charge is 0.0669 e. The van der Waals surface area contributed by atoms with Crippen molar-refractivity contribution in [2.45, 2.75) is 25.7 Å². The van der Waals surface area contributed by atoms with E-state index >= 15 is 0 Å². The summed E-state index contributed by atoms with van der Waals surface area (Å²) in [5.41, 5.74) is 0. The van der Waals surface area contributed by atoms with Crippen LogP contribution in [0.25, 0.3) is 0 Å². The maximum absolute atomic E-state index is 9.08. The lowest BCUT2D eigenvalue weighted by Gasteiger charge is -2.33. The van der Waals surface area contributed by atoms with Gasteiger partial charge in [0.15, 0.2) is 0 Å². The van der Waals surface area contributed by atoms with Crippen molar-refractivity contribution in [2.24, 2.45) is 11.8 Å². The largest absolute Gasteiger partial charge is 0.395 e. The summed E-state index contributed by atoms with van der Waals surface area (Å²) in [7, 11) is 2.07. The van der Waals surface area contributed by atoms with Crippen LogP contribution in [0.2, 0.25) is 0 Å². The third-order valence-corrected chi connectivity index (χ3v) is 4.01. The van der Waals surface area contributed by atoms with Gasteiger partial charge in [-0.15, -0.1) is 0 Å². The van der Waals surface area contributed by atoms with Crippen LogP contribution < -0.4 is 0 Å². The topological polar surface area (TPSA) is 74.3 Å². The molecule has 0 aliphatic carbocycles. The maximum atomic E-state index is 9.08. The molecule has 0 aromatic carbocycles. The lowest BCUT2D eigenvalue weighted by atomic mass is 9.95. The molecule has 112 valence electrons. The maximum Gasteiger partial charge on any atom is 0.0669 e. The van der Waals surface area contributed by atoms with Crippen molar-refractivity contribution in [3.05, 3.63) is 0 Å². The molecule has 0 saturated carbocycles. The van der Waals surface area contributed by atoms with Gasteiger partial charge in [-0.05, 0) is 45.3 Å². The molecule has 1 atom stereocenters. The summed E-state index contributed by atoms with van der Waals surface area (Å²) in [5.74, 6) is 0.652. The Bertz CT molecular complexity index is 339. The average Bonchev–Trinajstić information content (AvgIpc) is 2.45. The van der Waals surface area contributed by atoms with Crippen LogP contribution in [-0.4, -0.2) is 61.3 Å². The second kappa shape index (κ2) is 9.72. The number of aliphatic hydroxyl groups excluding tert-OH is 1. The second-order valence-electron chi connectivity index (χ2n) is 5.75. The quantitative estimate of drug-likeness (QED) is 0.719. The normalized spacial score (nSPS) is 18.6. The zero-order chi connectivity index (χ0) is 14.8. The Hall–Kier alpha value is -1.14. The Morgan fingerprint density at radius 1 is 1.35 bits per heavy atom. The van der Waals surface area contributed by atoms with Crippen LogP contribution in [-0.2, 0) is 0 Å². The van der Waals surface area contributed by atoms with E-state index < -0.39 is 0 Å². The fourth-order valence-corrected chi connectivity index (χ4v) is 2.86. The number of nitriles is 2. The van der Waals surface area contributed by atoms with Gasteiger partial charge in [0.2, 0.25) is 0 Å². The summed E-state index contributed by atoms with van der Waals surface area (Å²) in [4.78, 5) is 4.54. The van der Waals surface area contributed by atoms with Gasteiger partial charge in [0.1, 0.15) is 0 Å². The zero-order valence-electron chi connectivity index (χ0n) is 12.5. The third-order valence-electron chi connectivity index (χ3n) is 4.01. The molecule has 0 amide bonds. The predicted molar refractivity (Wildman–Crippen MR) is 77.7 cm³/mol. The Morgan fingerprint density at radius 3 is 2.60 bits per heavy atom. The van der Waals surface area contributed by atoms with E-state index in [0.717, 1.165) is 32.7 Å². The number of β-amino-alcohol motifs (C(OH)–C–C–N with tert-alkyl or cyclic N) is 1. The van der Waals surface area contributed by atoms with Crippen molar-refractivity contribution in [2.75, 3.05) is 46.4 Å². The molecule has 1 rings (SSSR count). The molecular weight excluding hydrogens is 252 g/mol. The average molecular weight is 278 g/mol. The number of hydrogen-bond donors (Lipinski definition) is 1. The van der Waals surface area contributed by atoms with E-state index in [1.165, 1.54) is 12.8 Å². The summed E-state index contributed by atoms with van der Waals surface area (Å²) >= 11 is 0. The van der Waals surface area contributed by atoms with Crippen LogP contribution in [0, 0.1) is 34.5 Å². The minimum Gasteiger partial charge on any atom is -0.395 e. The molecule has 20 heavy (non-hydrogen) atoms. The molecule has 0 aromatic rings. The van der Waals surface area contributed by atoms with Crippen molar-refractivity contribution >= 4 is 0 Å². The highest BCUT2D eigenvalue weighted by molar-refractivity contribution is 4.88. The second-order valence-corrected chi connectivity index (χ2v) is 5.75. The van der Waals surface area contributed by atoms with Crippen LogP contribution in [0.5, 0.6) is 0 Å². The molecule has 5 heteroatoms. The standard InChI is InChI=1S/C15H26N4O/c1-18(13-15(11-17)3-2-6-16)12-14-4-7-19(8-5-14)9-10-20/h14-15,20H,2-5,7-10,12-13H2,1H3. The lowest BCUT2D eigenvalue weighted by molar-refractivity contribution is 0.128. The van der Waals surface area contributed by atoms with Crippen molar-refractivity contribution in [1.29, 1.82) is 10.5 Å². The molecule has 0 radical (unpaired) electrons. The molecule has 1 fully saturated rings. The van der Waals surface area contributed by atoms with E-state index in [0.29, 0.717) is 18.8 Å². The van der Waals surface area contributed by atoms with E-state index in [2.05, 4.69) is 29.0 Å². The van der Waals surface area contributed by atoms with Crippen molar-refractivity contribution < 1.29 is 5.11 Å². The number of rotatable bonds is 8. The number of aliphatic hydroxyl groups is 1. The van der Waals surface area contributed by atoms with E-state index in [-0.39, 0.29) is 12.5 Å². The van der Waals surface area contributed by atoms with Gasteiger partial charge in [-0.3, -0.25) is 0 Å². The first-order valence-electron chi connectivity index (χ1n) is 7.48. The minimum atomic E-state index is -0.0332. The summed E-state index contributed by atoms with van der Waals surface area (Å²) in [6.45, 7) is 4.94. The Morgan fingerprint density at radius 2 is 2.05 bits per heavy atom. The van der Waals surface area contributed by atoms with Gasteiger partial charge >= 0.3 is 0 Å². The minimum absolute atomic E-state index is 0.0332. The monoisotopic (exact) mass is 278 g/mol. The van der Waals surface area contributed by atoms with Crippen LogP contribution in [0.3, 0.4) is 0 Å². The molecule has 1 heterocycles. The summed E-state index contributed by atoms with van der Waals surface area (Å²) in [5, 5.41) is 26.6. The summed E-state index contributed by atoms with van der Waals surface area (Å²) in [6.07, 6.45) is 3.47. The molecule has 1 aliphatic heterocycles. The highest BCUT2D eigenvalue weighted by atomic mass is 16.3.